The third kappa shape index (κ3) is 2.12. The first-order valence-electron chi connectivity index (χ1n) is 4.08. The molecule has 0 radical (unpaired) electrons. The first-order chi connectivity index (χ1) is 5.74. The second-order valence-electron chi connectivity index (χ2n) is 2.84. The summed E-state index contributed by atoms with van der Waals surface area (Å²) in [5.74, 6) is 0.883. The standard InChI is InChI=1S/C11H14O/c1-4-9(2)8-11-10(3)6-5-7-12-11/h4-5,7-8H,3,6H2,1-2H3/b9-4-,11-8+. The Balaban J connectivity index is 2.81. The van der Waals surface area contributed by atoms with Crippen LogP contribution < -0.4 is 0 Å². The zero-order valence-electron chi connectivity index (χ0n) is 7.63. The largest absolute Gasteiger partial charge is 0.465 e. The number of ether oxygens (including phenoxy) is 1. The number of hydrogen-bond donors (Lipinski definition) is 0. The third-order valence-corrected chi connectivity index (χ3v) is 1.82. The molecule has 0 saturated carbocycles. The summed E-state index contributed by atoms with van der Waals surface area (Å²) in [4.78, 5) is 0. The second-order valence-corrected chi connectivity index (χ2v) is 2.84. The van der Waals surface area contributed by atoms with Crippen molar-refractivity contribution < 1.29 is 4.74 Å². The van der Waals surface area contributed by atoms with Crippen molar-refractivity contribution in [2.75, 3.05) is 0 Å². The van der Waals surface area contributed by atoms with E-state index in [9.17, 15) is 0 Å². The van der Waals surface area contributed by atoms with Crippen molar-refractivity contribution in [2.24, 2.45) is 0 Å². The van der Waals surface area contributed by atoms with E-state index in [2.05, 4.69) is 6.58 Å². The SMILES string of the molecule is C=C1CC=CO/C1=C/C(C)=C\C. The maximum absolute atomic E-state index is 5.30. The number of hydrogen-bond acceptors (Lipinski definition) is 1. The molecule has 12 heavy (non-hydrogen) atoms. The van der Waals surface area contributed by atoms with E-state index in [0.29, 0.717) is 0 Å². The highest BCUT2D eigenvalue weighted by Gasteiger charge is 2.05. The molecule has 0 atom stereocenters. The molecule has 0 amide bonds. The summed E-state index contributed by atoms with van der Waals surface area (Å²) in [6.07, 6.45) is 8.62. The monoisotopic (exact) mass is 162 g/mol. The highest BCUT2D eigenvalue weighted by atomic mass is 16.5. The van der Waals surface area contributed by atoms with Crippen LogP contribution in [-0.4, -0.2) is 0 Å². The van der Waals surface area contributed by atoms with Gasteiger partial charge in [-0.2, -0.15) is 0 Å². The Morgan fingerprint density at radius 2 is 2.42 bits per heavy atom. The quantitative estimate of drug-likeness (QED) is 0.574. The molecule has 0 bridgehead atoms. The third-order valence-electron chi connectivity index (χ3n) is 1.82. The maximum Gasteiger partial charge on any atom is 0.129 e. The molecule has 1 rings (SSSR count). The Hall–Kier alpha value is -1.24. The van der Waals surface area contributed by atoms with Gasteiger partial charge in [0.1, 0.15) is 5.76 Å². The van der Waals surface area contributed by atoms with E-state index in [1.165, 1.54) is 5.57 Å². The van der Waals surface area contributed by atoms with Crippen LogP contribution in [-0.2, 0) is 4.74 Å². The molecule has 1 heterocycles. The lowest BCUT2D eigenvalue weighted by molar-refractivity contribution is 0.348. The molecule has 0 aromatic rings. The van der Waals surface area contributed by atoms with Gasteiger partial charge >= 0.3 is 0 Å². The van der Waals surface area contributed by atoms with Crippen LogP contribution in [0.5, 0.6) is 0 Å². The molecule has 0 saturated heterocycles. The van der Waals surface area contributed by atoms with Gasteiger partial charge in [0.05, 0.1) is 6.26 Å². The molecule has 0 N–H and O–H groups in total. The zero-order chi connectivity index (χ0) is 8.97. The van der Waals surface area contributed by atoms with E-state index in [0.717, 1.165) is 17.8 Å². The Kier molecular flexibility index (Phi) is 2.92. The van der Waals surface area contributed by atoms with Gasteiger partial charge < -0.3 is 4.74 Å². The predicted molar refractivity (Wildman–Crippen MR) is 51.5 cm³/mol. The van der Waals surface area contributed by atoms with Crippen molar-refractivity contribution in [3.05, 3.63) is 48.0 Å². The lowest BCUT2D eigenvalue weighted by Crippen LogP contribution is -1.95. The summed E-state index contributed by atoms with van der Waals surface area (Å²) in [5.41, 5.74) is 2.24. The first-order valence-corrected chi connectivity index (χ1v) is 4.08. The lowest BCUT2D eigenvalue weighted by atomic mass is 10.1. The van der Waals surface area contributed by atoms with Gasteiger partial charge in [-0.3, -0.25) is 0 Å². The molecule has 0 aromatic heterocycles. The predicted octanol–water partition coefficient (Wildman–Crippen LogP) is 3.33. The lowest BCUT2D eigenvalue weighted by Gasteiger charge is -2.12. The van der Waals surface area contributed by atoms with Crippen molar-refractivity contribution in [1.82, 2.24) is 0 Å². The van der Waals surface area contributed by atoms with Crippen molar-refractivity contribution in [3.8, 4) is 0 Å². The summed E-state index contributed by atoms with van der Waals surface area (Å²) in [6, 6.07) is 0. The van der Waals surface area contributed by atoms with Gasteiger partial charge in [-0.1, -0.05) is 18.2 Å². The van der Waals surface area contributed by atoms with Crippen LogP contribution in [0.2, 0.25) is 0 Å². The molecular weight excluding hydrogens is 148 g/mol. The summed E-state index contributed by atoms with van der Waals surface area (Å²) in [6.45, 7) is 7.96. The highest BCUT2D eigenvalue weighted by molar-refractivity contribution is 5.33. The van der Waals surface area contributed by atoms with E-state index >= 15 is 0 Å². The van der Waals surface area contributed by atoms with E-state index in [1.54, 1.807) is 6.26 Å². The molecule has 0 aromatic carbocycles. The Bertz CT molecular complexity index is 267. The minimum absolute atomic E-state index is 0.883. The zero-order valence-corrected chi connectivity index (χ0v) is 7.63. The van der Waals surface area contributed by atoms with Crippen molar-refractivity contribution in [2.45, 2.75) is 20.3 Å². The fraction of sp³-hybridized carbons (Fsp3) is 0.273. The average Bonchev–Trinajstić information content (AvgIpc) is 2.09. The van der Waals surface area contributed by atoms with Gasteiger partial charge in [0.2, 0.25) is 0 Å². The fourth-order valence-electron chi connectivity index (χ4n) is 0.922. The van der Waals surface area contributed by atoms with Crippen LogP contribution >= 0.6 is 0 Å². The molecule has 0 unspecified atom stereocenters. The van der Waals surface area contributed by atoms with E-state index in [-0.39, 0.29) is 0 Å². The molecule has 1 nitrogen and oxygen atoms in total. The molecule has 0 spiro atoms. The summed E-state index contributed by atoms with van der Waals surface area (Å²) in [7, 11) is 0. The molecule has 1 heteroatoms. The maximum atomic E-state index is 5.30. The number of allylic oxidation sites excluding steroid dienone is 5. The van der Waals surface area contributed by atoms with E-state index in [1.807, 2.05) is 32.1 Å². The summed E-state index contributed by atoms with van der Waals surface area (Å²) in [5, 5.41) is 0. The van der Waals surface area contributed by atoms with Crippen LogP contribution in [0, 0.1) is 0 Å². The minimum atomic E-state index is 0.883. The minimum Gasteiger partial charge on any atom is -0.465 e. The second kappa shape index (κ2) is 3.96. The van der Waals surface area contributed by atoms with E-state index < -0.39 is 0 Å². The summed E-state index contributed by atoms with van der Waals surface area (Å²) < 4.78 is 5.30. The Morgan fingerprint density at radius 3 is 3.00 bits per heavy atom. The van der Waals surface area contributed by atoms with Gasteiger partial charge in [-0.05, 0) is 38.0 Å². The van der Waals surface area contributed by atoms with Gasteiger partial charge in [0.15, 0.2) is 0 Å². The molecular formula is C11H14O. The van der Waals surface area contributed by atoms with Gasteiger partial charge in [-0.25, -0.2) is 0 Å². The average molecular weight is 162 g/mol. The molecule has 1 aliphatic heterocycles. The van der Waals surface area contributed by atoms with Crippen molar-refractivity contribution in [3.63, 3.8) is 0 Å². The fourth-order valence-corrected chi connectivity index (χ4v) is 0.922. The Labute approximate surface area is 73.7 Å². The van der Waals surface area contributed by atoms with Crippen molar-refractivity contribution in [1.29, 1.82) is 0 Å². The van der Waals surface area contributed by atoms with E-state index in [4.69, 9.17) is 4.74 Å². The first kappa shape index (κ1) is 8.85. The van der Waals surface area contributed by atoms with Gasteiger partial charge in [0.25, 0.3) is 0 Å². The van der Waals surface area contributed by atoms with Gasteiger partial charge in [-0.15, -0.1) is 0 Å². The molecule has 0 aliphatic carbocycles. The van der Waals surface area contributed by atoms with Crippen molar-refractivity contribution >= 4 is 0 Å². The van der Waals surface area contributed by atoms with Crippen LogP contribution in [0.4, 0.5) is 0 Å². The normalized spacial score (nSPS) is 21.3. The van der Waals surface area contributed by atoms with Crippen LogP contribution in [0.1, 0.15) is 20.3 Å². The topological polar surface area (TPSA) is 9.23 Å². The van der Waals surface area contributed by atoms with Crippen LogP contribution in [0.25, 0.3) is 0 Å². The molecule has 1 aliphatic rings. The van der Waals surface area contributed by atoms with Crippen LogP contribution in [0.15, 0.2) is 48.0 Å². The summed E-state index contributed by atoms with van der Waals surface area (Å²) >= 11 is 0. The molecule has 64 valence electrons. The smallest absolute Gasteiger partial charge is 0.129 e. The van der Waals surface area contributed by atoms with Crippen LogP contribution in [0.3, 0.4) is 0 Å². The highest BCUT2D eigenvalue weighted by Crippen LogP contribution is 2.20. The van der Waals surface area contributed by atoms with Gasteiger partial charge in [0, 0.05) is 0 Å². The molecule has 0 fully saturated rings. The Morgan fingerprint density at radius 1 is 1.67 bits per heavy atom. The number of rotatable bonds is 1.